The molecule has 0 bridgehead atoms. The van der Waals surface area contributed by atoms with Crippen LogP contribution in [0.2, 0.25) is 0 Å². The van der Waals surface area contributed by atoms with Crippen molar-refractivity contribution in [3.05, 3.63) is 18.0 Å². The third-order valence-electron chi connectivity index (χ3n) is 2.89. The van der Waals surface area contributed by atoms with Crippen LogP contribution in [0.3, 0.4) is 0 Å². The van der Waals surface area contributed by atoms with Crippen molar-refractivity contribution in [1.29, 1.82) is 0 Å². The first-order valence-corrected chi connectivity index (χ1v) is 5.85. The molecule has 1 N–H and O–H groups in total. The van der Waals surface area contributed by atoms with E-state index < -0.39 is 0 Å². The van der Waals surface area contributed by atoms with Crippen molar-refractivity contribution in [3.63, 3.8) is 0 Å². The number of aryl methyl sites for hydroxylation is 1. The Morgan fingerprint density at radius 3 is 2.82 bits per heavy atom. The van der Waals surface area contributed by atoms with Gasteiger partial charge in [0.15, 0.2) is 0 Å². The molecule has 2 heterocycles. The molecule has 0 saturated carbocycles. The maximum atomic E-state index is 12.1. The van der Waals surface area contributed by atoms with Crippen LogP contribution in [-0.2, 0) is 13.6 Å². The van der Waals surface area contributed by atoms with Crippen LogP contribution < -0.4 is 5.32 Å². The van der Waals surface area contributed by atoms with E-state index in [1.54, 1.807) is 15.8 Å². The average Bonchev–Trinajstić information content (AvgIpc) is 2.75. The largest absolute Gasteiger partial charge is 0.323 e. The monoisotopic (exact) mass is 237 g/mol. The normalized spacial score (nSPS) is 16.0. The fraction of sp³-hybridized carbons (Fsp3) is 0.636. The Morgan fingerprint density at radius 2 is 2.24 bits per heavy atom. The molecule has 1 aliphatic heterocycles. The highest BCUT2D eigenvalue weighted by molar-refractivity contribution is 5.74. The molecule has 17 heavy (non-hydrogen) atoms. The molecule has 0 aliphatic carbocycles. The Balaban J connectivity index is 1.90. The summed E-state index contributed by atoms with van der Waals surface area (Å²) in [6.07, 6.45) is 3.73. The van der Waals surface area contributed by atoms with Crippen LogP contribution >= 0.6 is 0 Å². The smallest absolute Gasteiger partial charge is 0.320 e. The van der Waals surface area contributed by atoms with Crippen molar-refractivity contribution in [2.24, 2.45) is 7.05 Å². The molecule has 0 radical (unpaired) electrons. The van der Waals surface area contributed by atoms with Gasteiger partial charge in [0, 0.05) is 52.0 Å². The van der Waals surface area contributed by atoms with E-state index in [0.717, 1.165) is 31.7 Å². The van der Waals surface area contributed by atoms with Gasteiger partial charge in [-0.25, -0.2) is 4.79 Å². The molecule has 1 aromatic rings. The van der Waals surface area contributed by atoms with E-state index >= 15 is 0 Å². The van der Waals surface area contributed by atoms with Crippen molar-refractivity contribution < 1.29 is 4.79 Å². The third kappa shape index (κ3) is 2.97. The van der Waals surface area contributed by atoms with E-state index in [9.17, 15) is 4.79 Å². The summed E-state index contributed by atoms with van der Waals surface area (Å²) in [5, 5.41) is 7.33. The SMILES string of the molecule is CN(Cc1cnn(C)c1)C(=O)N1CCNCC1. The highest BCUT2D eigenvalue weighted by Crippen LogP contribution is 2.05. The second-order valence-electron chi connectivity index (χ2n) is 4.40. The number of piperazine rings is 1. The number of hydrogen-bond acceptors (Lipinski definition) is 3. The molecular weight excluding hydrogens is 218 g/mol. The number of carbonyl (C=O) groups is 1. The number of rotatable bonds is 2. The number of urea groups is 1. The molecule has 0 aromatic carbocycles. The van der Waals surface area contributed by atoms with Crippen molar-refractivity contribution in [1.82, 2.24) is 24.9 Å². The average molecular weight is 237 g/mol. The Bertz CT molecular complexity index is 383. The lowest BCUT2D eigenvalue weighted by Gasteiger charge is -2.31. The van der Waals surface area contributed by atoms with E-state index in [-0.39, 0.29) is 6.03 Å². The first-order valence-electron chi connectivity index (χ1n) is 5.85. The predicted molar refractivity (Wildman–Crippen MR) is 64.5 cm³/mol. The van der Waals surface area contributed by atoms with Crippen LogP contribution in [-0.4, -0.2) is 58.8 Å². The van der Waals surface area contributed by atoms with Crippen LogP contribution in [0.25, 0.3) is 0 Å². The molecule has 2 amide bonds. The molecule has 1 fully saturated rings. The van der Waals surface area contributed by atoms with Crippen LogP contribution in [0.5, 0.6) is 0 Å². The lowest BCUT2D eigenvalue weighted by molar-refractivity contribution is 0.154. The van der Waals surface area contributed by atoms with E-state index in [0.29, 0.717) is 6.54 Å². The van der Waals surface area contributed by atoms with E-state index in [2.05, 4.69) is 10.4 Å². The first kappa shape index (κ1) is 11.9. The molecule has 0 unspecified atom stereocenters. The lowest BCUT2D eigenvalue weighted by Crippen LogP contribution is -2.50. The Morgan fingerprint density at radius 1 is 1.53 bits per heavy atom. The zero-order chi connectivity index (χ0) is 12.3. The van der Waals surface area contributed by atoms with Gasteiger partial charge in [-0.3, -0.25) is 4.68 Å². The van der Waals surface area contributed by atoms with Gasteiger partial charge < -0.3 is 15.1 Å². The molecule has 6 heteroatoms. The van der Waals surface area contributed by atoms with Crippen molar-refractivity contribution in [3.8, 4) is 0 Å². The first-order chi connectivity index (χ1) is 8.16. The van der Waals surface area contributed by atoms with E-state index in [1.807, 2.05) is 25.2 Å². The number of hydrogen-bond donors (Lipinski definition) is 1. The number of aromatic nitrogens is 2. The molecule has 6 nitrogen and oxygen atoms in total. The van der Waals surface area contributed by atoms with Crippen LogP contribution in [0, 0.1) is 0 Å². The van der Waals surface area contributed by atoms with Crippen LogP contribution in [0.15, 0.2) is 12.4 Å². The van der Waals surface area contributed by atoms with Gasteiger partial charge in [0.25, 0.3) is 0 Å². The summed E-state index contributed by atoms with van der Waals surface area (Å²) in [5.41, 5.74) is 1.05. The Kier molecular flexibility index (Phi) is 3.63. The summed E-state index contributed by atoms with van der Waals surface area (Å²) in [7, 11) is 3.71. The molecule has 1 aromatic heterocycles. The highest BCUT2D eigenvalue weighted by atomic mass is 16.2. The van der Waals surface area contributed by atoms with Crippen LogP contribution in [0.4, 0.5) is 4.79 Å². The second kappa shape index (κ2) is 5.18. The maximum absolute atomic E-state index is 12.1. The fourth-order valence-corrected chi connectivity index (χ4v) is 1.99. The molecule has 0 spiro atoms. The fourth-order valence-electron chi connectivity index (χ4n) is 1.99. The minimum atomic E-state index is 0.0929. The maximum Gasteiger partial charge on any atom is 0.320 e. The van der Waals surface area contributed by atoms with Gasteiger partial charge in [-0.2, -0.15) is 5.10 Å². The third-order valence-corrected chi connectivity index (χ3v) is 2.89. The molecule has 1 aliphatic rings. The Labute approximate surface area is 101 Å². The topological polar surface area (TPSA) is 53.4 Å². The molecular formula is C11H19N5O. The molecule has 94 valence electrons. The standard InChI is InChI=1S/C11H19N5O/c1-14(8-10-7-13-15(2)9-10)11(17)16-5-3-12-4-6-16/h7,9,12H,3-6,8H2,1-2H3. The van der Waals surface area contributed by atoms with Gasteiger partial charge in [-0.15, -0.1) is 0 Å². The number of carbonyl (C=O) groups excluding carboxylic acids is 1. The van der Waals surface area contributed by atoms with Gasteiger partial charge >= 0.3 is 6.03 Å². The molecule has 2 rings (SSSR count). The van der Waals surface area contributed by atoms with Gasteiger partial charge in [0.05, 0.1) is 12.7 Å². The zero-order valence-electron chi connectivity index (χ0n) is 10.4. The summed E-state index contributed by atoms with van der Waals surface area (Å²) in [6, 6.07) is 0.0929. The molecule has 1 saturated heterocycles. The number of amides is 2. The zero-order valence-corrected chi connectivity index (χ0v) is 10.4. The Hall–Kier alpha value is -1.56. The highest BCUT2D eigenvalue weighted by Gasteiger charge is 2.19. The summed E-state index contributed by atoms with van der Waals surface area (Å²) >= 11 is 0. The summed E-state index contributed by atoms with van der Waals surface area (Å²) < 4.78 is 1.75. The minimum Gasteiger partial charge on any atom is -0.323 e. The quantitative estimate of drug-likeness (QED) is 0.780. The van der Waals surface area contributed by atoms with Gasteiger partial charge in [-0.05, 0) is 0 Å². The van der Waals surface area contributed by atoms with Gasteiger partial charge in [0.1, 0.15) is 0 Å². The summed E-state index contributed by atoms with van der Waals surface area (Å²) in [6.45, 7) is 3.95. The number of nitrogens with zero attached hydrogens (tertiary/aromatic N) is 4. The second-order valence-corrected chi connectivity index (χ2v) is 4.40. The van der Waals surface area contributed by atoms with Crippen molar-refractivity contribution >= 4 is 6.03 Å². The van der Waals surface area contributed by atoms with Crippen molar-refractivity contribution in [2.75, 3.05) is 33.2 Å². The van der Waals surface area contributed by atoms with Crippen molar-refractivity contribution in [2.45, 2.75) is 6.54 Å². The van der Waals surface area contributed by atoms with Crippen LogP contribution in [0.1, 0.15) is 5.56 Å². The molecule has 0 atom stereocenters. The van der Waals surface area contributed by atoms with Gasteiger partial charge in [0.2, 0.25) is 0 Å². The number of nitrogens with one attached hydrogen (secondary N) is 1. The lowest BCUT2D eigenvalue weighted by atomic mass is 10.3. The summed E-state index contributed by atoms with van der Waals surface area (Å²) in [5.74, 6) is 0. The van der Waals surface area contributed by atoms with E-state index in [1.165, 1.54) is 0 Å². The van der Waals surface area contributed by atoms with E-state index in [4.69, 9.17) is 0 Å². The minimum absolute atomic E-state index is 0.0929. The van der Waals surface area contributed by atoms with Gasteiger partial charge in [-0.1, -0.05) is 0 Å². The predicted octanol–water partition coefficient (Wildman–Crippen LogP) is -0.123. The summed E-state index contributed by atoms with van der Waals surface area (Å²) in [4.78, 5) is 15.7.